The van der Waals surface area contributed by atoms with Gasteiger partial charge in [0, 0.05) is 44.6 Å². The number of hydrogen-bond donors (Lipinski definition) is 0. The van der Waals surface area contributed by atoms with Crippen molar-refractivity contribution < 1.29 is 4.42 Å². The summed E-state index contributed by atoms with van der Waals surface area (Å²) in [7, 11) is 0. The Morgan fingerprint density at radius 1 is 0.491 bits per heavy atom. The third kappa shape index (κ3) is 5.23. The largest absolute Gasteiger partial charge is 0.455 e. The highest BCUT2D eigenvalue weighted by Crippen LogP contribution is 2.45. The number of imidazole rings is 1. The van der Waals surface area contributed by atoms with Crippen molar-refractivity contribution in [2.45, 2.75) is 26.2 Å². The highest BCUT2D eigenvalue weighted by Gasteiger charge is 2.26. The lowest BCUT2D eigenvalue weighted by molar-refractivity contribution is 0.587. The molecule has 0 atom stereocenters. The number of para-hydroxylation sites is 5. The number of benzene rings is 7. The van der Waals surface area contributed by atoms with Crippen LogP contribution in [0.25, 0.3) is 99.9 Å². The van der Waals surface area contributed by atoms with Crippen LogP contribution in [0.2, 0.25) is 0 Å². The summed E-state index contributed by atoms with van der Waals surface area (Å²) in [6.07, 6.45) is 1.85. The van der Waals surface area contributed by atoms with E-state index in [1.54, 1.807) is 0 Å². The molecule has 0 spiro atoms. The van der Waals surface area contributed by atoms with E-state index >= 15 is 0 Å². The number of hydrogen-bond acceptors (Lipinski definition) is 3. The second-order valence-corrected chi connectivity index (χ2v) is 15.8. The lowest BCUT2D eigenvalue weighted by Crippen LogP contribution is -2.15. The minimum atomic E-state index is -0.116. The van der Waals surface area contributed by atoms with Gasteiger partial charge in [0.1, 0.15) is 17.0 Å². The molecule has 57 heavy (non-hydrogen) atoms. The van der Waals surface area contributed by atoms with E-state index in [-0.39, 0.29) is 5.41 Å². The van der Waals surface area contributed by atoms with E-state index in [0.29, 0.717) is 0 Å². The van der Waals surface area contributed by atoms with Crippen LogP contribution in [0.3, 0.4) is 0 Å². The van der Waals surface area contributed by atoms with Gasteiger partial charge in [0.15, 0.2) is 0 Å². The summed E-state index contributed by atoms with van der Waals surface area (Å²) in [5.74, 6) is 0.829. The molecule has 0 aliphatic rings. The molecule has 0 saturated carbocycles. The maximum absolute atomic E-state index is 7.16. The molecule has 0 unspecified atom stereocenters. The van der Waals surface area contributed by atoms with Gasteiger partial charge in [-0.25, -0.2) is 4.98 Å². The predicted octanol–water partition coefficient (Wildman–Crippen LogP) is 13.7. The summed E-state index contributed by atoms with van der Waals surface area (Å²) < 4.78 is 11.9. The summed E-state index contributed by atoms with van der Waals surface area (Å²) in [5.41, 5.74) is 14.2. The number of nitrogens with zero attached hydrogens (tertiary/aromatic N) is 4. The Balaban J connectivity index is 1.29. The summed E-state index contributed by atoms with van der Waals surface area (Å²) in [6, 6.07) is 60.2. The van der Waals surface area contributed by atoms with Crippen LogP contribution in [0.15, 0.2) is 180 Å². The smallest absolute Gasteiger partial charge is 0.149 e. The average Bonchev–Trinajstić information content (AvgIpc) is 3.93. The summed E-state index contributed by atoms with van der Waals surface area (Å²) in [5, 5.41) is 4.46. The van der Waals surface area contributed by atoms with E-state index in [2.05, 4.69) is 188 Å². The van der Waals surface area contributed by atoms with Crippen LogP contribution in [0.4, 0.5) is 0 Å². The minimum absolute atomic E-state index is 0.116. The zero-order valence-electron chi connectivity index (χ0n) is 31.9. The van der Waals surface area contributed by atoms with Crippen molar-refractivity contribution in [2.75, 3.05) is 0 Å². The third-order valence-corrected chi connectivity index (χ3v) is 11.3. The molecule has 5 heteroatoms. The minimum Gasteiger partial charge on any atom is -0.455 e. The third-order valence-electron chi connectivity index (χ3n) is 11.3. The zero-order chi connectivity index (χ0) is 38.3. The quantitative estimate of drug-likeness (QED) is 0.177. The summed E-state index contributed by atoms with van der Waals surface area (Å²) in [6.45, 7) is 6.82. The molecule has 0 radical (unpaired) electrons. The number of pyridine rings is 1. The maximum Gasteiger partial charge on any atom is 0.149 e. The molecule has 0 N–H and O–H groups in total. The molecular formula is C52H38N4O. The molecule has 0 fully saturated rings. The van der Waals surface area contributed by atoms with Crippen molar-refractivity contribution in [1.82, 2.24) is 19.1 Å². The summed E-state index contributed by atoms with van der Waals surface area (Å²) in [4.78, 5) is 10.2. The molecule has 0 aliphatic carbocycles. The van der Waals surface area contributed by atoms with Gasteiger partial charge in [-0.05, 0) is 71.1 Å². The molecule has 4 aromatic heterocycles. The molecule has 0 aliphatic heterocycles. The van der Waals surface area contributed by atoms with Crippen molar-refractivity contribution >= 4 is 54.8 Å². The number of aromatic nitrogens is 4. The lowest BCUT2D eigenvalue weighted by atomic mass is 9.85. The molecule has 5 nitrogen and oxygen atoms in total. The first-order valence-corrected chi connectivity index (χ1v) is 19.5. The van der Waals surface area contributed by atoms with Crippen molar-refractivity contribution in [3.05, 3.63) is 182 Å². The molecule has 272 valence electrons. The normalized spacial score (nSPS) is 12.1. The molecular weight excluding hydrogens is 697 g/mol. The highest BCUT2D eigenvalue weighted by atomic mass is 16.3. The van der Waals surface area contributed by atoms with E-state index < -0.39 is 0 Å². The Bertz CT molecular complexity index is 3330. The van der Waals surface area contributed by atoms with Gasteiger partial charge in [0.05, 0.1) is 39.0 Å². The average molecular weight is 735 g/mol. The Morgan fingerprint density at radius 2 is 1.21 bits per heavy atom. The summed E-state index contributed by atoms with van der Waals surface area (Å²) >= 11 is 0. The van der Waals surface area contributed by atoms with E-state index in [0.717, 1.165) is 89.2 Å². The standard InChI is InChI=1S/C52H38N4O/c1-52(2,3)42-21-8-11-25-46(42)56-47-26-12-9-23-44(47)54-51(56)41-32-35(31-40-39-20-15-19-36(49(39)57-50(40)41)33-16-5-4-6-17-33)55-45-24-10-7-18-37(45)38-28-27-34(30-48(38)55)43-22-13-14-29-53-43/h4-32H,1-3H3. The first kappa shape index (κ1) is 33.1. The van der Waals surface area contributed by atoms with Crippen molar-refractivity contribution in [2.24, 2.45) is 0 Å². The predicted molar refractivity (Wildman–Crippen MR) is 235 cm³/mol. The number of rotatable bonds is 5. The van der Waals surface area contributed by atoms with Gasteiger partial charge < -0.3 is 8.98 Å². The first-order valence-electron chi connectivity index (χ1n) is 19.5. The first-order chi connectivity index (χ1) is 27.9. The maximum atomic E-state index is 7.16. The fraction of sp³-hybridized carbons (Fsp3) is 0.0769. The molecule has 4 heterocycles. The molecule has 0 saturated heterocycles. The Hall–Kier alpha value is -7.24. The van der Waals surface area contributed by atoms with Crippen LogP contribution in [-0.4, -0.2) is 19.1 Å². The Kier molecular flexibility index (Phi) is 7.35. The van der Waals surface area contributed by atoms with Crippen LogP contribution < -0.4 is 0 Å². The molecule has 11 aromatic rings. The second-order valence-electron chi connectivity index (χ2n) is 15.8. The highest BCUT2D eigenvalue weighted by molar-refractivity contribution is 6.15. The Labute approximate surface area is 330 Å². The van der Waals surface area contributed by atoms with Crippen LogP contribution in [0.5, 0.6) is 0 Å². The van der Waals surface area contributed by atoms with Gasteiger partial charge in [-0.3, -0.25) is 9.55 Å². The van der Waals surface area contributed by atoms with Gasteiger partial charge >= 0.3 is 0 Å². The zero-order valence-corrected chi connectivity index (χ0v) is 31.9. The van der Waals surface area contributed by atoms with Crippen LogP contribution in [-0.2, 0) is 5.41 Å². The SMILES string of the molecule is CC(C)(C)c1ccccc1-n1c(-c2cc(-n3c4ccccc4c4ccc(-c5ccccn5)cc43)cc3c2oc2c(-c4ccccc4)cccc23)nc2ccccc21. The van der Waals surface area contributed by atoms with Crippen molar-refractivity contribution in [3.8, 4) is 45.1 Å². The van der Waals surface area contributed by atoms with Gasteiger partial charge in [0.2, 0.25) is 0 Å². The fourth-order valence-electron chi connectivity index (χ4n) is 8.72. The van der Waals surface area contributed by atoms with E-state index in [9.17, 15) is 0 Å². The second kappa shape index (κ2) is 12.7. The van der Waals surface area contributed by atoms with Crippen LogP contribution in [0, 0.1) is 0 Å². The van der Waals surface area contributed by atoms with E-state index in [1.165, 1.54) is 16.3 Å². The van der Waals surface area contributed by atoms with Gasteiger partial charge in [-0.2, -0.15) is 0 Å². The monoisotopic (exact) mass is 734 g/mol. The van der Waals surface area contributed by atoms with Crippen LogP contribution >= 0.6 is 0 Å². The van der Waals surface area contributed by atoms with Crippen LogP contribution in [0.1, 0.15) is 26.3 Å². The molecule has 0 bridgehead atoms. The van der Waals surface area contributed by atoms with E-state index in [4.69, 9.17) is 14.4 Å². The topological polar surface area (TPSA) is 48.8 Å². The van der Waals surface area contributed by atoms with Crippen molar-refractivity contribution in [1.29, 1.82) is 0 Å². The van der Waals surface area contributed by atoms with Gasteiger partial charge in [0.25, 0.3) is 0 Å². The number of furan rings is 1. The lowest BCUT2D eigenvalue weighted by Gasteiger charge is -2.24. The fourth-order valence-corrected chi connectivity index (χ4v) is 8.72. The van der Waals surface area contributed by atoms with E-state index in [1.807, 2.05) is 18.3 Å². The Morgan fingerprint density at radius 3 is 2.05 bits per heavy atom. The number of fused-ring (bicyclic) bond motifs is 7. The van der Waals surface area contributed by atoms with Gasteiger partial charge in [-0.15, -0.1) is 0 Å². The van der Waals surface area contributed by atoms with Crippen molar-refractivity contribution in [3.63, 3.8) is 0 Å². The van der Waals surface area contributed by atoms with Gasteiger partial charge in [-0.1, -0.05) is 136 Å². The molecule has 7 aromatic carbocycles. The molecule has 11 rings (SSSR count). The molecule has 0 amide bonds.